The molecule has 0 fully saturated rings. The summed E-state index contributed by atoms with van der Waals surface area (Å²) in [7, 11) is 0. The Kier molecular flexibility index (Phi) is 5.18. The summed E-state index contributed by atoms with van der Waals surface area (Å²) in [5.74, 6) is -3.00. The molecule has 1 amide bonds. The molecule has 0 unspecified atom stereocenters. The Morgan fingerprint density at radius 1 is 0.879 bits per heavy atom. The first-order valence-corrected chi connectivity index (χ1v) is 10.0. The maximum Gasteiger partial charge on any atom is 0.257 e. The maximum absolute atomic E-state index is 13.9. The summed E-state index contributed by atoms with van der Waals surface area (Å²) in [6, 6.07) is 19.2. The number of hydrogen-bond donors (Lipinski definition) is 2. The Hall–Kier alpha value is -4.33. The number of H-pyrrole nitrogens is 1. The van der Waals surface area contributed by atoms with Gasteiger partial charge in [0.25, 0.3) is 5.91 Å². The minimum atomic E-state index is -1.26. The van der Waals surface area contributed by atoms with Crippen LogP contribution < -0.4 is 10.1 Å². The fourth-order valence-electron chi connectivity index (χ4n) is 3.61. The summed E-state index contributed by atoms with van der Waals surface area (Å²) >= 11 is 0. The van der Waals surface area contributed by atoms with E-state index in [1.807, 2.05) is 36.4 Å². The van der Waals surface area contributed by atoms with Gasteiger partial charge in [0.15, 0.2) is 17.5 Å². The van der Waals surface area contributed by atoms with Crippen molar-refractivity contribution in [3.8, 4) is 5.75 Å². The number of carbonyl (C=O) groups excluding carboxylic acids is 1. The number of hydrogen-bond acceptors (Lipinski definition) is 3. The topological polar surface area (TPSA) is 67.0 Å². The number of amides is 1. The van der Waals surface area contributed by atoms with Crippen molar-refractivity contribution in [2.75, 3.05) is 5.32 Å². The van der Waals surface area contributed by atoms with Crippen LogP contribution in [0.15, 0.2) is 72.8 Å². The van der Waals surface area contributed by atoms with Crippen LogP contribution in [0.3, 0.4) is 0 Å². The molecule has 1 aromatic heterocycles. The Balaban J connectivity index is 1.39. The summed E-state index contributed by atoms with van der Waals surface area (Å²) in [4.78, 5) is 13.0. The molecular weight excluding hydrogens is 431 g/mol. The third-order valence-corrected chi connectivity index (χ3v) is 5.28. The first kappa shape index (κ1) is 20.6. The van der Waals surface area contributed by atoms with Crippen LogP contribution in [-0.2, 0) is 6.61 Å². The molecule has 0 aliphatic heterocycles. The van der Waals surface area contributed by atoms with Crippen LogP contribution in [0.4, 0.5) is 19.0 Å². The number of aromatic nitrogens is 2. The Labute approximate surface area is 185 Å². The van der Waals surface area contributed by atoms with E-state index in [9.17, 15) is 18.0 Å². The number of benzene rings is 4. The van der Waals surface area contributed by atoms with Crippen molar-refractivity contribution in [1.29, 1.82) is 0 Å². The van der Waals surface area contributed by atoms with Crippen molar-refractivity contribution < 1.29 is 22.7 Å². The van der Waals surface area contributed by atoms with Gasteiger partial charge in [0.05, 0.1) is 5.52 Å². The lowest BCUT2D eigenvalue weighted by Crippen LogP contribution is -2.12. The third kappa shape index (κ3) is 3.98. The standard InChI is InChI=1S/C25H16F3N3O2/c26-20-12-22(28)21(27)10-15(20)13-33-16-8-9-23-19(11-16)24(31-30-23)29-25(32)18-7-3-5-14-4-1-2-6-17(14)18/h1-12H,13H2,(H2,29,30,31,32). The molecule has 0 aliphatic rings. The minimum absolute atomic E-state index is 0.120. The van der Waals surface area contributed by atoms with Gasteiger partial charge < -0.3 is 10.1 Å². The Bertz CT molecular complexity index is 1510. The van der Waals surface area contributed by atoms with Crippen LogP contribution in [0.1, 0.15) is 15.9 Å². The third-order valence-electron chi connectivity index (χ3n) is 5.28. The summed E-state index contributed by atoms with van der Waals surface area (Å²) in [6.45, 7) is -0.301. The van der Waals surface area contributed by atoms with Crippen molar-refractivity contribution in [3.05, 3.63) is 101 Å². The molecular formula is C25H16F3N3O2. The number of anilines is 1. The van der Waals surface area contributed by atoms with Gasteiger partial charge in [-0.2, -0.15) is 5.10 Å². The van der Waals surface area contributed by atoms with Gasteiger partial charge in [0.2, 0.25) is 0 Å². The van der Waals surface area contributed by atoms with Crippen molar-refractivity contribution in [3.63, 3.8) is 0 Å². The first-order valence-electron chi connectivity index (χ1n) is 10.0. The van der Waals surface area contributed by atoms with Gasteiger partial charge in [0, 0.05) is 22.6 Å². The molecule has 164 valence electrons. The fraction of sp³-hybridized carbons (Fsp3) is 0.0400. The lowest BCUT2D eigenvalue weighted by Gasteiger charge is -2.09. The van der Waals surface area contributed by atoms with E-state index in [-0.39, 0.29) is 18.1 Å². The second kappa shape index (κ2) is 8.31. The zero-order valence-electron chi connectivity index (χ0n) is 17.0. The quantitative estimate of drug-likeness (QED) is 0.327. The number of halogens is 3. The van der Waals surface area contributed by atoms with E-state index in [0.29, 0.717) is 34.1 Å². The smallest absolute Gasteiger partial charge is 0.257 e. The van der Waals surface area contributed by atoms with Crippen LogP contribution in [0.2, 0.25) is 0 Å². The van der Waals surface area contributed by atoms with Crippen LogP contribution in [0.5, 0.6) is 5.75 Å². The zero-order valence-corrected chi connectivity index (χ0v) is 17.0. The fourth-order valence-corrected chi connectivity index (χ4v) is 3.61. The predicted octanol–water partition coefficient (Wildman–Crippen LogP) is 5.96. The lowest BCUT2D eigenvalue weighted by atomic mass is 10.0. The molecule has 0 aliphatic carbocycles. The van der Waals surface area contributed by atoms with Crippen LogP contribution in [0.25, 0.3) is 21.7 Å². The highest BCUT2D eigenvalue weighted by atomic mass is 19.2. The molecule has 0 saturated heterocycles. The molecule has 33 heavy (non-hydrogen) atoms. The summed E-state index contributed by atoms with van der Waals surface area (Å²) in [5, 5.41) is 12.1. The van der Waals surface area contributed by atoms with Crippen molar-refractivity contribution >= 4 is 33.4 Å². The molecule has 5 rings (SSSR count). The van der Waals surface area contributed by atoms with Gasteiger partial charge in [-0.1, -0.05) is 36.4 Å². The van der Waals surface area contributed by atoms with Gasteiger partial charge >= 0.3 is 0 Å². The molecule has 8 heteroatoms. The summed E-state index contributed by atoms with van der Waals surface area (Å²) in [5.41, 5.74) is 1.03. The number of nitrogens with one attached hydrogen (secondary N) is 2. The van der Waals surface area contributed by atoms with Gasteiger partial charge in [-0.3, -0.25) is 9.89 Å². The minimum Gasteiger partial charge on any atom is -0.489 e. The number of carbonyl (C=O) groups is 1. The molecule has 5 nitrogen and oxygen atoms in total. The molecule has 2 N–H and O–H groups in total. The van der Waals surface area contributed by atoms with E-state index in [2.05, 4.69) is 15.5 Å². The van der Waals surface area contributed by atoms with Gasteiger partial charge in [0.1, 0.15) is 18.2 Å². The molecule has 0 bridgehead atoms. The van der Waals surface area contributed by atoms with E-state index in [0.717, 1.165) is 16.8 Å². The van der Waals surface area contributed by atoms with Gasteiger partial charge in [-0.25, -0.2) is 13.2 Å². The van der Waals surface area contributed by atoms with Crippen LogP contribution in [-0.4, -0.2) is 16.1 Å². The summed E-state index contributed by atoms with van der Waals surface area (Å²) in [6.07, 6.45) is 0. The molecule has 4 aromatic carbocycles. The zero-order chi connectivity index (χ0) is 22.9. The second-order valence-corrected chi connectivity index (χ2v) is 7.41. The van der Waals surface area contributed by atoms with E-state index in [1.54, 1.807) is 24.3 Å². The first-order chi connectivity index (χ1) is 16.0. The number of rotatable bonds is 5. The molecule has 5 aromatic rings. The van der Waals surface area contributed by atoms with E-state index in [1.165, 1.54) is 0 Å². The second-order valence-electron chi connectivity index (χ2n) is 7.41. The van der Waals surface area contributed by atoms with Crippen molar-refractivity contribution in [2.24, 2.45) is 0 Å². The normalized spacial score (nSPS) is 11.1. The highest BCUT2D eigenvalue weighted by Crippen LogP contribution is 2.27. The van der Waals surface area contributed by atoms with Crippen molar-refractivity contribution in [2.45, 2.75) is 6.61 Å². The largest absolute Gasteiger partial charge is 0.489 e. The number of aromatic amines is 1. The van der Waals surface area contributed by atoms with E-state index >= 15 is 0 Å². The lowest BCUT2D eigenvalue weighted by molar-refractivity contribution is 0.102. The average Bonchev–Trinajstić information content (AvgIpc) is 3.22. The monoisotopic (exact) mass is 447 g/mol. The van der Waals surface area contributed by atoms with Gasteiger partial charge in [-0.05, 0) is 41.1 Å². The number of fused-ring (bicyclic) bond motifs is 2. The Morgan fingerprint density at radius 2 is 1.67 bits per heavy atom. The number of nitrogens with zero attached hydrogens (tertiary/aromatic N) is 1. The van der Waals surface area contributed by atoms with Crippen molar-refractivity contribution in [1.82, 2.24) is 10.2 Å². The predicted molar refractivity (Wildman–Crippen MR) is 119 cm³/mol. The Morgan fingerprint density at radius 3 is 2.55 bits per heavy atom. The molecule has 0 atom stereocenters. The average molecular weight is 447 g/mol. The SMILES string of the molecule is O=C(Nc1n[nH]c2ccc(OCc3cc(F)c(F)cc3F)cc12)c1cccc2ccccc12. The van der Waals surface area contributed by atoms with E-state index in [4.69, 9.17) is 4.74 Å². The summed E-state index contributed by atoms with van der Waals surface area (Å²) < 4.78 is 46.0. The highest BCUT2D eigenvalue weighted by molar-refractivity contribution is 6.14. The van der Waals surface area contributed by atoms with Crippen LogP contribution >= 0.6 is 0 Å². The molecule has 0 saturated carbocycles. The number of ether oxygens (including phenoxy) is 1. The molecule has 1 heterocycles. The van der Waals surface area contributed by atoms with E-state index < -0.39 is 17.5 Å². The highest BCUT2D eigenvalue weighted by Gasteiger charge is 2.15. The molecule has 0 radical (unpaired) electrons. The molecule has 0 spiro atoms. The van der Waals surface area contributed by atoms with Crippen LogP contribution in [0, 0.1) is 17.5 Å². The maximum atomic E-state index is 13.9. The van der Waals surface area contributed by atoms with Gasteiger partial charge in [-0.15, -0.1) is 0 Å².